The summed E-state index contributed by atoms with van der Waals surface area (Å²) in [7, 11) is -5.81. The molecule has 0 rings (SSSR count). The molecule has 0 aliphatic carbocycles. The third-order valence-corrected chi connectivity index (χ3v) is 7.62. The molecule has 0 heterocycles. The zero-order valence-corrected chi connectivity index (χ0v) is 22.5. The van der Waals surface area contributed by atoms with Gasteiger partial charge in [-0.25, -0.2) is 0 Å². The van der Waals surface area contributed by atoms with Gasteiger partial charge in [-0.1, -0.05) is 20.3 Å². The molecule has 33 heavy (non-hydrogen) atoms. The fourth-order valence-corrected chi connectivity index (χ4v) is 5.06. The first-order chi connectivity index (χ1) is 15.3. The summed E-state index contributed by atoms with van der Waals surface area (Å²) in [6.45, 7) is 11.3. The third-order valence-electron chi connectivity index (χ3n) is 6.01. The Hall–Kier alpha value is -0.340. The summed E-state index contributed by atoms with van der Waals surface area (Å²) >= 11 is 0. The molecular formula is C21H48N3O7S2+. The molecule has 0 aromatic heterocycles. The number of aliphatic hydroxyl groups excluding tert-OH is 1. The topological polar surface area (TPSA) is 135 Å². The van der Waals surface area contributed by atoms with Gasteiger partial charge in [0.15, 0.2) is 0 Å². The molecule has 0 radical (unpaired) electrons. The second kappa shape index (κ2) is 17.1. The van der Waals surface area contributed by atoms with Crippen molar-refractivity contribution in [3.05, 3.63) is 0 Å². The van der Waals surface area contributed by atoms with E-state index in [0.717, 1.165) is 65.0 Å². The van der Waals surface area contributed by atoms with E-state index in [9.17, 15) is 21.9 Å². The standard InChI is InChI=1S/C21H47N3O7S2/c1-4-6-11-23(15-19-25)13-8-17-24(3,18-10-21-33(29,30)31)16-7-12-22(5-2)14-9-20-32(26,27)28/h25H,4-21H2,1-3H3,(H-,26,27,28,29,30,31)/p+1. The number of unbranched alkanes of at least 4 members (excludes halogenated alkanes) is 1. The van der Waals surface area contributed by atoms with Crippen molar-refractivity contribution in [3.63, 3.8) is 0 Å². The molecule has 0 bridgehead atoms. The van der Waals surface area contributed by atoms with Crippen LogP contribution in [0.5, 0.6) is 0 Å². The van der Waals surface area contributed by atoms with Crippen molar-refractivity contribution in [3.8, 4) is 0 Å². The summed E-state index contributed by atoms with van der Waals surface area (Å²) in [5, 5.41) is 9.31. The first kappa shape index (κ1) is 32.7. The van der Waals surface area contributed by atoms with E-state index in [1.807, 2.05) is 6.92 Å². The summed E-state index contributed by atoms with van der Waals surface area (Å²) in [5.74, 6) is -0.486. The van der Waals surface area contributed by atoms with E-state index in [1.165, 1.54) is 0 Å². The molecule has 0 fully saturated rings. The minimum absolute atomic E-state index is 0.134. The van der Waals surface area contributed by atoms with Gasteiger partial charge in [0.1, 0.15) is 0 Å². The van der Waals surface area contributed by atoms with Crippen LogP contribution in [-0.4, -0.2) is 129 Å². The normalized spacial score (nSPS) is 14.8. The monoisotopic (exact) mass is 518 g/mol. The number of hydrogen-bond donors (Lipinski definition) is 3. The van der Waals surface area contributed by atoms with E-state index in [1.54, 1.807) is 0 Å². The van der Waals surface area contributed by atoms with Gasteiger partial charge < -0.3 is 19.4 Å². The number of aliphatic hydroxyl groups is 1. The maximum Gasteiger partial charge on any atom is 0.265 e. The molecule has 0 aromatic carbocycles. The first-order valence-electron chi connectivity index (χ1n) is 12.1. The highest BCUT2D eigenvalue weighted by Crippen LogP contribution is 2.11. The Kier molecular flexibility index (Phi) is 17.0. The van der Waals surface area contributed by atoms with Gasteiger partial charge in [0.05, 0.1) is 44.8 Å². The molecule has 3 N–H and O–H groups in total. The molecule has 10 nitrogen and oxygen atoms in total. The van der Waals surface area contributed by atoms with Gasteiger partial charge in [0.25, 0.3) is 20.2 Å². The molecule has 0 spiro atoms. The lowest BCUT2D eigenvalue weighted by Crippen LogP contribution is -2.48. The van der Waals surface area contributed by atoms with Gasteiger partial charge in [-0.2, -0.15) is 16.8 Å². The molecular weight excluding hydrogens is 470 g/mol. The van der Waals surface area contributed by atoms with E-state index < -0.39 is 20.2 Å². The van der Waals surface area contributed by atoms with Crippen LogP contribution in [0.2, 0.25) is 0 Å². The van der Waals surface area contributed by atoms with Crippen molar-refractivity contribution in [1.82, 2.24) is 9.80 Å². The molecule has 0 saturated heterocycles. The Bertz CT molecular complexity index is 705. The average molecular weight is 519 g/mol. The second-order valence-corrected chi connectivity index (χ2v) is 12.3. The maximum absolute atomic E-state index is 11.2. The van der Waals surface area contributed by atoms with E-state index in [-0.39, 0.29) is 18.1 Å². The summed E-state index contributed by atoms with van der Waals surface area (Å²) in [6, 6.07) is 0. The van der Waals surface area contributed by atoms with Crippen molar-refractivity contribution in [2.45, 2.75) is 52.4 Å². The number of rotatable bonds is 22. The van der Waals surface area contributed by atoms with Crippen LogP contribution in [-0.2, 0) is 20.2 Å². The van der Waals surface area contributed by atoms with E-state index in [0.29, 0.717) is 37.0 Å². The first-order valence-corrected chi connectivity index (χ1v) is 15.4. The Morgan fingerprint density at radius 3 is 1.61 bits per heavy atom. The van der Waals surface area contributed by atoms with Gasteiger partial charge in [-0.15, -0.1) is 0 Å². The molecule has 0 aliphatic rings. The molecule has 0 aromatic rings. The zero-order valence-electron chi connectivity index (χ0n) is 20.9. The highest BCUT2D eigenvalue weighted by atomic mass is 32.2. The molecule has 12 heteroatoms. The summed E-state index contributed by atoms with van der Waals surface area (Å²) in [5.41, 5.74) is 0. The van der Waals surface area contributed by atoms with Crippen molar-refractivity contribution in [2.24, 2.45) is 0 Å². The molecule has 0 saturated carbocycles. The maximum atomic E-state index is 11.2. The summed E-state index contributed by atoms with van der Waals surface area (Å²) in [4.78, 5) is 4.42. The van der Waals surface area contributed by atoms with Crippen LogP contribution < -0.4 is 0 Å². The molecule has 1 unspecified atom stereocenters. The molecule has 0 amide bonds. The molecule has 200 valence electrons. The Morgan fingerprint density at radius 1 is 0.667 bits per heavy atom. The molecule has 1 atom stereocenters. The number of nitrogens with zero attached hydrogens (tertiary/aromatic N) is 3. The largest absolute Gasteiger partial charge is 0.395 e. The van der Waals surface area contributed by atoms with Crippen LogP contribution in [0.25, 0.3) is 0 Å². The van der Waals surface area contributed by atoms with E-state index in [4.69, 9.17) is 9.11 Å². The minimum Gasteiger partial charge on any atom is -0.395 e. The van der Waals surface area contributed by atoms with Gasteiger partial charge >= 0.3 is 0 Å². The number of quaternary nitrogens is 1. The summed E-state index contributed by atoms with van der Waals surface area (Å²) in [6.07, 6.45) is 4.76. The summed E-state index contributed by atoms with van der Waals surface area (Å²) < 4.78 is 62.8. The Balaban J connectivity index is 4.80. The lowest BCUT2D eigenvalue weighted by Gasteiger charge is -2.36. The number of hydrogen-bond acceptors (Lipinski definition) is 7. The van der Waals surface area contributed by atoms with Crippen molar-refractivity contribution in [2.75, 3.05) is 84.1 Å². The van der Waals surface area contributed by atoms with Gasteiger partial charge in [-0.3, -0.25) is 9.11 Å². The Morgan fingerprint density at radius 2 is 1.12 bits per heavy atom. The van der Waals surface area contributed by atoms with Crippen molar-refractivity contribution < 1.29 is 35.5 Å². The van der Waals surface area contributed by atoms with E-state index in [2.05, 4.69) is 23.8 Å². The fraction of sp³-hybridized carbons (Fsp3) is 1.00. The van der Waals surface area contributed by atoms with Crippen LogP contribution in [0.1, 0.15) is 52.4 Å². The highest BCUT2D eigenvalue weighted by molar-refractivity contribution is 7.86. The predicted molar refractivity (Wildman–Crippen MR) is 133 cm³/mol. The SMILES string of the molecule is CCCCN(CCO)CCC[N+](C)(CCCN(CC)CCCS(=O)(=O)O)CCCS(=O)(=O)O. The van der Waals surface area contributed by atoms with Gasteiger partial charge in [0, 0.05) is 38.9 Å². The fourth-order valence-electron chi connectivity index (χ4n) is 4.07. The smallest absolute Gasteiger partial charge is 0.265 e. The van der Waals surface area contributed by atoms with Crippen molar-refractivity contribution >= 4 is 20.2 Å². The average Bonchev–Trinajstić information content (AvgIpc) is 2.69. The van der Waals surface area contributed by atoms with Crippen LogP contribution in [0.4, 0.5) is 0 Å². The Labute approximate surface area is 202 Å². The lowest BCUT2D eigenvalue weighted by atomic mass is 10.2. The van der Waals surface area contributed by atoms with E-state index >= 15 is 0 Å². The van der Waals surface area contributed by atoms with Crippen LogP contribution >= 0.6 is 0 Å². The quantitative estimate of drug-likeness (QED) is 0.143. The third kappa shape index (κ3) is 19.6. The predicted octanol–water partition coefficient (Wildman–Crippen LogP) is 1.19. The van der Waals surface area contributed by atoms with Gasteiger partial charge in [0.2, 0.25) is 0 Å². The van der Waals surface area contributed by atoms with Crippen LogP contribution in [0, 0.1) is 0 Å². The van der Waals surface area contributed by atoms with Crippen LogP contribution in [0.3, 0.4) is 0 Å². The second-order valence-electron chi connectivity index (χ2n) is 9.13. The van der Waals surface area contributed by atoms with Crippen LogP contribution in [0.15, 0.2) is 0 Å². The highest BCUT2D eigenvalue weighted by Gasteiger charge is 2.23. The zero-order chi connectivity index (χ0) is 25.4. The van der Waals surface area contributed by atoms with Gasteiger partial charge in [-0.05, 0) is 32.5 Å². The van der Waals surface area contributed by atoms with Crippen molar-refractivity contribution in [1.29, 1.82) is 0 Å². The minimum atomic E-state index is -3.98. The lowest BCUT2D eigenvalue weighted by molar-refractivity contribution is -0.909. The molecule has 0 aliphatic heterocycles.